The molecule has 0 spiro atoms. The highest BCUT2D eigenvalue weighted by atomic mass is 32.2. The Morgan fingerprint density at radius 2 is 1.56 bits per heavy atom. The van der Waals surface area contributed by atoms with Crippen molar-refractivity contribution in [2.24, 2.45) is 34.5 Å². The van der Waals surface area contributed by atoms with Crippen LogP contribution in [0.1, 0.15) is 129 Å². The van der Waals surface area contributed by atoms with Crippen molar-refractivity contribution < 1.29 is 32.4 Å². The van der Waals surface area contributed by atoms with Crippen LogP contribution in [0.25, 0.3) is 0 Å². The molecule has 0 unspecified atom stereocenters. The number of nitrogens with zero attached hydrogens (tertiary/aromatic N) is 1. The molecule has 268 valence electrons. The smallest absolute Gasteiger partial charge is 0.287 e. The van der Waals surface area contributed by atoms with Gasteiger partial charge >= 0.3 is 0 Å². The van der Waals surface area contributed by atoms with Gasteiger partial charge in [-0.2, -0.15) is 0 Å². The van der Waals surface area contributed by atoms with Crippen molar-refractivity contribution in [1.82, 2.24) is 10.2 Å². The summed E-state index contributed by atoms with van der Waals surface area (Å²) >= 11 is 0. The van der Waals surface area contributed by atoms with Gasteiger partial charge in [0.2, 0.25) is 11.7 Å². The third-order valence-corrected chi connectivity index (χ3v) is 15.3. The van der Waals surface area contributed by atoms with E-state index < -0.39 is 50.1 Å². The number of amides is 2. The predicted molar refractivity (Wildman–Crippen MR) is 185 cm³/mol. The number of ketones is 3. The lowest BCUT2D eigenvalue weighted by molar-refractivity contribution is -0.146. The standard InChI is InChI=1S/C38H58N2O7S/c1-4-20-39-35(44)34(43)26-15-10-7-5-6-8-11-16-27(36(45)40-25-29-32(37(29,2)3)33(40)30(42)23-26)22-28(41)24-38(18-12-9-13-19-38)31-17-14-21-48(31,46)47/h4,26-27,29,31-33H,1,5-25H2,2-3H3,(H,39,44)/t26-,27-,29+,31+,32+,33-/m1/s1. The highest BCUT2D eigenvalue weighted by Crippen LogP contribution is 2.65. The van der Waals surface area contributed by atoms with E-state index >= 15 is 0 Å². The number of Topliss-reactive ketones (excluding diaryl/α,β-unsaturated/α-hetero) is 3. The van der Waals surface area contributed by atoms with Crippen LogP contribution in [0.3, 0.4) is 0 Å². The second-order valence-corrected chi connectivity index (χ2v) is 18.7. The van der Waals surface area contributed by atoms with Crippen LogP contribution in [0.5, 0.6) is 0 Å². The molecule has 1 N–H and O–H groups in total. The van der Waals surface area contributed by atoms with Gasteiger partial charge in [0, 0.05) is 44.2 Å². The zero-order valence-electron chi connectivity index (χ0n) is 29.3. The molecular formula is C38H58N2O7S. The van der Waals surface area contributed by atoms with Gasteiger partial charge in [0.25, 0.3) is 5.91 Å². The summed E-state index contributed by atoms with van der Waals surface area (Å²) < 4.78 is 26.2. The minimum atomic E-state index is -3.24. The summed E-state index contributed by atoms with van der Waals surface area (Å²) in [6.07, 6.45) is 13.7. The minimum absolute atomic E-state index is 0.00980. The van der Waals surface area contributed by atoms with E-state index in [4.69, 9.17) is 0 Å². The Hall–Kier alpha value is -2.36. The molecule has 0 aromatic rings. The Morgan fingerprint density at radius 1 is 0.917 bits per heavy atom. The second kappa shape index (κ2) is 15.3. The van der Waals surface area contributed by atoms with E-state index in [0.717, 1.165) is 70.6 Å². The van der Waals surface area contributed by atoms with Crippen LogP contribution in [0.4, 0.5) is 0 Å². The largest absolute Gasteiger partial charge is 0.346 e. The van der Waals surface area contributed by atoms with Crippen LogP contribution in [-0.2, 0) is 33.8 Å². The molecule has 0 aromatic carbocycles. The SMILES string of the molecule is C=CCNC(=O)C(=O)[C@@H]1CCCCCCCC[C@H](CC(=O)CC2([C@@H]3CCCS3(=O)=O)CCCCC2)C(=O)N2C[C@H]3[C@@H]([C@H]2C(=O)C1)C3(C)C. The van der Waals surface area contributed by atoms with E-state index in [9.17, 15) is 32.4 Å². The van der Waals surface area contributed by atoms with Crippen LogP contribution in [-0.4, -0.2) is 72.6 Å². The summed E-state index contributed by atoms with van der Waals surface area (Å²) in [6.45, 7) is 8.48. The molecular weight excluding hydrogens is 628 g/mol. The molecule has 3 aliphatic heterocycles. The number of carbonyl (C=O) groups excluding carboxylic acids is 5. The summed E-state index contributed by atoms with van der Waals surface area (Å²) in [5, 5.41) is 2.10. The van der Waals surface area contributed by atoms with E-state index in [-0.39, 0.29) is 66.3 Å². The molecule has 2 amide bonds. The van der Waals surface area contributed by atoms with Gasteiger partial charge in [0.15, 0.2) is 15.6 Å². The van der Waals surface area contributed by atoms with Gasteiger partial charge in [-0.05, 0) is 61.2 Å². The fourth-order valence-electron chi connectivity index (χ4n) is 10.1. The predicted octanol–water partition coefficient (Wildman–Crippen LogP) is 5.54. The van der Waals surface area contributed by atoms with Gasteiger partial charge in [-0.25, -0.2) is 8.42 Å². The van der Waals surface area contributed by atoms with Crippen LogP contribution in [0.15, 0.2) is 12.7 Å². The van der Waals surface area contributed by atoms with Gasteiger partial charge in [0.1, 0.15) is 5.78 Å². The number of rotatable bonds is 9. The first-order valence-corrected chi connectivity index (χ1v) is 20.5. The van der Waals surface area contributed by atoms with Crippen molar-refractivity contribution in [3.63, 3.8) is 0 Å². The Morgan fingerprint density at radius 3 is 2.21 bits per heavy atom. The van der Waals surface area contributed by atoms with Gasteiger partial charge in [-0.1, -0.05) is 77.7 Å². The zero-order chi connectivity index (χ0) is 34.7. The first-order chi connectivity index (χ1) is 22.8. The van der Waals surface area contributed by atoms with Crippen LogP contribution >= 0.6 is 0 Å². The molecule has 2 aliphatic carbocycles. The quantitative estimate of drug-likeness (QED) is 0.249. The van der Waals surface area contributed by atoms with Crippen molar-refractivity contribution in [3.8, 4) is 0 Å². The van der Waals surface area contributed by atoms with Crippen LogP contribution < -0.4 is 5.32 Å². The fourth-order valence-corrected chi connectivity index (χ4v) is 12.6. The third-order valence-electron chi connectivity index (χ3n) is 12.9. The Bertz CT molecular complexity index is 1360. The van der Waals surface area contributed by atoms with Crippen LogP contribution in [0, 0.1) is 34.5 Å². The average Bonchev–Trinajstić information content (AvgIpc) is 3.36. The summed E-state index contributed by atoms with van der Waals surface area (Å²) in [7, 11) is -3.24. The van der Waals surface area contributed by atoms with E-state index in [2.05, 4.69) is 25.7 Å². The molecule has 5 aliphatic rings. The topological polar surface area (TPSA) is 135 Å². The van der Waals surface area contributed by atoms with Crippen LogP contribution in [0.2, 0.25) is 0 Å². The fraction of sp³-hybridized carbons (Fsp3) is 0.816. The summed E-state index contributed by atoms with van der Waals surface area (Å²) in [5.74, 6) is -2.55. The maximum Gasteiger partial charge on any atom is 0.287 e. The summed E-state index contributed by atoms with van der Waals surface area (Å²) in [6, 6.07) is -0.667. The van der Waals surface area contributed by atoms with Gasteiger partial charge in [0.05, 0.1) is 17.0 Å². The molecule has 10 heteroatoms. The Balaban J connectivity index is 1.37. The van der Waals surface area contributed by atoms with E-state index in [1.807, 2.05) is 0 Å². The number of nitrogens with one attached hydrogen (secondary N) is 1. The summed E-state index contributed by atoms with van der Waals surface area (Å²) in [4.78, 5) is 70.3. The molecule has 48 heavy (non-hydrogen) atoms. The molecule has 0 aromatic heterocycles. The third kappa shape index (κ3) is 7.83. The molecule has 3 heterocycles. The minimum Gasteiger partial charge on any atom is -0.346 e. The highest BCUT2D eigenvalue weighted by Gasteiger charge is 2.69. The number of sulfone groups is 1. The maximum atomic E-state index is 14.5. The molecule has 9 nitrogen and oxygen atoms in total. The number of piperidine rings is 1. The molecule has 3 saturated heterocycles. The lowest BCUT2D eigenvalue weighted by atomic mass is 9.67. The van der Waals surface area contributed by atoms with Crippen molar-refractivity contribution in [1.29, 1.82) is 0 Å². The second-order valence-electron chi connectivity index (χ2n) is 16.4. The zero-order valence-corrected chi connectivity index (χ0v) is 30.1. The van der Waals surface area contributed by atoms with Crippen molar-refractivity contribution in [3.05, 3.63) is 12.7 Å². The maximum absolute atomic E-state index is 14.5. The van der Waals surface area contributed by atoms with Gasteiger partial charge in [-0.15, -0.1) is 6.58 Å². The monoisotopic (exact) mass is 686 g/mol. The number of hydrogen-bond donors (Lipinski definition) is 1. The molecule has 5 rings (SSSR count). The van der Waals surface area contributed by atoms with E-state index in [1.54, 1.807) is 4.90 Å². The average molecular weight is 687 g/mol. The summed E-state index contributed by atoms with van der Waals surface area (Å²) in [5.41, 5.74) is -0.642. The van der Waals surface area contributed by atoms with Crippen molar-refractivity contribution in [2.75, 3.05) is 18.8 Å². The molecule has 5 fully saturated rings. The number of carbonyl (C=O) groups is 5. The van der Waals surface area contributed by atoms with Gasteiger partial charge < -0.3 is 10.2 Å². The number of fused-ring (bicyclic) bond motifs is 3. The van der Waals surface area contributed by atoms with Crippen molar-refractivity contribution in [2.45, 2.75) is 141 Å². The molecule has 0 bridgehead atoms. The van der Waals surface area contributed by atoms with E-state index in [1.165, 1.54) is 6.08 Å². The first kappa shape index (κ1) is 36.9. The lowest BCUT2D eigenvalue weighted by Crippen LogP contribution is -2.49. The Kier molecular flexibility index (Phi) is 11.7. The molecule has 0 radical (unpaired) electrons. The Labute approximate surface area is 287 Å². The molecule has 2 saturated carbocycles. The van der Waals surface area contributed by atoms with E-state index in [0.29, 0.717) is 32.2 Å². The lowest BCUT2D eigenvalue weighted by Gasteiger charge is -2.41. The van der Waals surface area contributed by atoms with Gasteiger partial charge in [-0.3, -0.25) is 24.0 Å². The first-order valence-electron chi connectivity index (χ1n) is 18.8. The highest BCUT2D eigenvalue weighted by molar-refractivity contribution is 7.92. The normalized spacial score (nSPS) is 33.4. The number of hydrogen-bond acceptors (Lipinski definition) is 7. The molecule has 6 atom stereocenters. The van der Waals surface area contributed by atoms with Crippen molar-refractivity contribution >= 4 is 39.0 Å².